The maximum absolute atomic E-state index is 12.9. The SMILES string of the molecule is O=C1c2ccccc2C(=O)[C@H]2CC=C3CCCC[C@@H]3[C@H]12. The maximum Gasteiger partial charge on any atom is 0.168 e. The number of hydrogen-bond acceptors (Lipinski definition) is 2. The van der Waals surface area contributed by atoms with Crippen LogP contribution in [0.2, 0.25) is 0 Å². The first-order valence-electron chi connectivity index (χ1n) is 7.64. The Labute approximate surface area is 118 Å². The molecule has 102 valence electrons. The molecule has 1 aromatic rings. The van der Waals surface area contributed by atoms with Gasteiger partial charge in [0, 0.05) is 23.0 Å². The Hall–Kier alpha value is -1.70. The molecule has 0 aliphatic heterocycles. The summed E-state index contributed by atoms with van der Waals surface area (Å²) in [6, 6.07) is 7.36. The second kappa shape index (κ2) is 4.41. The van der Waals surface area contributed by atoms with Crippen LogP contribution in [-0.4, -0.2) is 11.6 Å². The van der Waals surface area contributed by atoms with Crippen molar-refractivity contribution in [1.82, 2.24) is 0 Å². The predicted molar refractivity (Wildman–Crippen MR) is 76.7 cm³/mol. The van der Waals surface area contributed by atoms with E-state index < -0.39 is 0 Å². The summed E-state index contributed by atoms with van der Waals surface area (Å²) >= 11 is 0. The molecule has 3 atom stereocenters. The van der Waals surface area contributed by atoms with Gasteiger partial charge in [-0.25, -0.2) is 0 Å². The maximum atomic E-state index is 12.9. The molecule has 2 heteroatoms. The summed E-state index contributed by atoms with van der Waals surface area (Å²) in [5, 5.41) is 0. The second-order valence-corrected chi connectivity index (χ2v) is 6.27. The number of rotatable bonds is 0. The minimum Gasteiger partial charge on any atom is -0.294 e. The summed E-state index contributed by atoms with van der Waals surface area (Å²) in [5.41, 5.74) is 2.75. The molecule has 20 heavy (non-hydrogen) atoms. The fraction of sp³-hybridized carbons (Fsp3) is 0.444. The zero-order valence-electron chi connectivity index (χ0n) is 11.5. The number of allylic oxidation sites excluding steroid dienone is 2. The molecule has 0 unspecified atom stereocenters. The number of fused-ring (bicyclic) bond motifs is 4. The predicted octanol–water partition coefficient (Wildman–Crippen LogP) is 3.82. The van der Waals surface area contributed by atoms with Crippen LogP contribution in [0.4, 0.5) is 0 Å². The van der Waals surface area contributed by atoms with Gasteiger partial charge in [0.25, 0.3) is 0 Å². The zero-order valence-corrected chi connectivity index (χ0v) is 11.5. The van der Waals surface area contributed by atoms with Gasteiger partial charge in [0.05, 0.1) is 0 Å². The first-order chi connectivity index (χ1) is 9.77. The van der Waals surface area contributed by atoms with Crippen LogP contribution in [0.25, 0.3) is 0 Å². The lowest BCUT2D eigenvalue weighted by Gasteiger charge is -2.42. The average Bonchev–Trinajstić information content (AvgIpc) is 2.51. The van der Waals surface area contributed by atoms with Crippen molar-refractivity contribution >= 4 is 11.6 Å². The number of carbonyl (C=O) groups is 2. The fourth-order valence-electron chi connectivity index (χ4n) is 4.36. The van der Waals surface area contributed by atoms with Crippen LogP contribution in [-0.2, 0) is 0 Å². The molecule has 2 nitrogen and oxygen atoms in total. The summed E-state index contributed by atoms with van der Waals surface area (Å²) in [6.07, 6.45) is 7.64. The van der Waals surface area contributed by atoms with Gasteiger partial charge in [0.2, 0.25) is 0 Å². The van der Waals surface area contributed by atoms with E-state index in [0.717, 1.165) is 19.3 Å². The lowest BCUT2D eigenvalue weighted by atomic mass is 9.60. The summed E-state index contributed by atoms with van der Waals surface area (Å²) in [4.78, 5) is 25.6. The molecular formula is C18H18O2. The van der Waals surface area contributed by atoms with E-state index in [2.05, 4.69) is 6.08 Å². The zero-order chi connectivity index (χ0) is 13.7. The largest absolute Gasteiger partial charge is 0.294 e. The molecule has 0 saturated heterocycles. The van der Waals surface area contributed by atoms with Crippen LogP contribution >= 0.6 is 0 Å². The van der Waals surface area contributed by atoms with Gasteiger partial charge in [-0.1, -0.05) is 42.3 Å². The van der Waals surface area contributed by atoms with Gasteiger partial charge in [-0.15, -0.1) is 0 Å². The highest BCUT2D eigenvalue weighted by molar-refractivity contribution is 6.16. The van der Waals surface area contributed by atoms with Gasteiger partial charge in [-0.05, 0) is 31.6 Å². The molecule has 1 aromatic carbocycles. The highest BCUT2D eigenvalue weighted by Crippen LogP contribution is 2.47. The van der Waals surface area contributed by atoms with Crippen molar-refractivity contribution in [2.24, 2.45) is 17.8 Å². The van der Waals surface area contributed by atoms with E-state index in [9.17, 15) is 9.59 Å². The summed E-state index contributed by atoms with van der Waals surface area (Å²) in [6.45, 7) is 0. The first-order valence-corrected chi connectivity index (χ1v) is 7.64. The number of hydrogen-bond donors (Lipinski definition) is 0. The van der Waals surface area contributed by atoms with Gasteiger partial charge in [-0.3, -0.25) is 9.59 Å². The molecule has 1 fully saturated rings. The molecule has 3 aliphatic rings. The van der Waals surface area contributed by atoms with Crippen molar-refractivity contribution in [2.45, 2.75) is 32.1 Å². The summed E-state index contributed by atoms with van der Waals surface area (Å²) in [7, 11) is 0. The van der Waals surface area contributed by atoms with E-state index in [1.54, 1.807) is 0 Å². The molecule has 3 aliphatic carbocycles. The third-order valence-electron chi connectivity index (χ3n) is 5.31. The molecule has 0 amide bonds. The third kappa shape index (κ3) is 1.57. The van der Waals surface area contributed by atoms with Crippen molar-refractivity contribution in [1.29, 1.82) is 0 Å². The Morgan fingerprint density at radius 2 is 1.65 bits per heavy atom. The molecule has 0 N–H and O–H groups in total. The monoisotopic (exact) mass is 266 g/mol. The van der Waals surface area contributed by atoms with Crippen molar-refractivity contribution in [3.63, 3.8) is 0 Å². The van der Waals surface area contributed by atoms with Crippen LogP contribution in [0.15, 0.2) is 35.9 Å². The molecule has 0 radical (unpaired) electrons. The van der Waals surface area contributed by atoms with Crippen molar-refractivity contribution in [2.75, 3.05) is 0 Å². The number of benzene rings is 1. The normalized spacial score (nSPS) is 32.0. The van der Waals surface area contributed by atoms with Crippen molar-refractivity contribution < 1.29 is 9.59 Å². The van der Waals surface area contributed by atoms with E-state index in [0.29, 0.717) is 17.0 Å². The molecular weight excluding hydrogens is 248 g/mol. The van der Waals surface area contributed by atoms with E-state index in [4.69, 9.17) is 0 Å². The molecule has 0 heterocycles. The quantitative estimate of drug-likeness (QED) is 0.669. The first kappa shape index (κ1) is 12.1. The topological polar surface area (TPSA) is 34.1 Å². The minimum absolute atomic E-state index is 0.0855. The molecule has 0 spiro atoms. The number of carbonyl (C=O) groups excluding carboxylic acids is 2. The molecule has 0 aromatic heterocycles. The summed E-state index contributed by atoms with van der Waals surface area (Å²) in [5.74, 6) is 0.531. The van der Waals surface area contributed by atoms with Crippen molar-refractivity contribution in [3.05, 3.63) is 47.0 Å². The lowest BCUT2D eigenvalue weighted by Crippen LogP contribution is -2.43. The van der Waals surface area contributed by atoms with Crippen LogP contribution in [0.5, 0.6) is 0 Å². The van der Waals surface area contributed by atoms with Gasteiger partial charge >= 0.3 is 0 Å². The molecule has 1 saturated carbocycles. The highest BCUT2D eigenvalue weighted by Gasteiger charge is 2.47. The van der Waals surface area contributed by atoms with E-state index >= 15 is 0 Å². The van der Waals surface area contributed by atoms with E-state index in [1.807, 2.05) is 24.3 Å². The average molecular weight is 266 g/mol. The molecule has 4 rings (SSSR count). The van der Waals surface area contributed by atoms with Gasteiger partial charge in [0.1, 0.15) is 0 Å². The van der Waals surface area contributed by atoms with Gasteiger partial charge < -0.3 is 0 Å². The smallest absolute Gasteiger partial charge is 0.168 e. The van der Waals surface area contributed by atoms with Gasteiger partial charge in [0.15, 0.2) is 11.6 Å². The van der Waals surface area contributed by atoms with E-state index in [-0.39, 0.29) is 23.4 Å². The Morgan fingerprint density at radius 1 is 0.900 bits per heavy atom. The van der Waals surface area contributed by atoms with Crippen LogP contribution < -0.4 is 0 Å². The van der Waals surface area contributed by atoms with Gasteiger partial charge in [-0.2, -0.15) is 0 Å². The minimum atomic E-state index is -0.107. The second-order valence-electron chi connectivity index (χ2n) is 6.27. The van der Waals surface area contributed by atoms with Crippen molar-refractivity contribution in [3.8, 4) is 0 Å². The Bertz CT molecular complexity index is 626. The Morgan fingerprint density at radius 3 is 2.45 bits per heavy atom. The van der Waals surface area contributed by atoms with Crippen LogP contribution in [0, 0.1) is 17.8 Å². The Kier molecular flexibility index (Phi) is 2.66. The van der Waals surface area contributed by atoms with Crippen LogP contribution in [0.3, 0.4) is 0 Å². The number of Topliss-reactive ketones (excluding diaryl/α,β-unsaturated/α-hetero) is 2. The van der Waals surface area contributed by atoms with E-state index in [1.165, 1.54) is 18.4 Å². The lowest BCUT2D eigenvalue weighted by molar-refractivity contribution is 0.0651. The standard InChI is InChI=1S/C18H18O2/c19-17-13-7-3-4-8-14(13)18(20)16-12-6-2-1-5-11(12)9-10-15(16)17/h3-4,7-9,12,15-16H,1-2,5-6,10H2/t12-,15-,16-/m0/s1. The summed E-state index contributed by atoms with van der Waals surface area (Å²) < 4.78 is 0. The fourth-order valence-corrected chi connectivity index (χ4v) is 4.36. The van der Waals surface area contributed by atoms with Crippen LogP contribution in [0.1, 0.15) is 52.8 Å². The number of ketones is 2. The molecule has 0 bridgehead atoms. The third-order valence-corrected chi connectivity index (χ3v) is 5.31. The highest BCUT2D eigenvalue weighted by atomic mass is 16.1. The Balaban J connectivity index is 1.83.